The number of benzene rings is 10. The molecule has 0 fully saturated rings. The molecule has 0 N–H and O–H groups in total. The van der Waals surface area contributed by atoms with Crippen LogP contribution in [0.5, 0.6) is 0 Å². The van der Waals surface area contributed by atoms with Crippen LogP contribution in [0.2, 0.25) is 0 Å². The van der Waals surface area contributed by atoms with E-state index in [9.17, 15) is 0 Å². The highest BCUT2D eigenvalue weighted by Crippen LogP contribution is 2.45. The first-order valence-electron chi connectivity index (χ1n) is 17.6. The Morgan fingerprint density at radius 3 is 1.37 bits per heavy atom. The summed E-state index contributed by atoms with van der Waals surface area (Å²) in [5.41, 5.74) is 9.23. The molecule has 1 nitrogen and oxygen atoms in total. The molecular weight excluding hydrogens is 617 g/mol. The molecule has 236 valence electrons. The summed E-state index contributed by atoms with van der Waals surface area (Å²) < 4.78 is 6.70. The molecule has 1 heteroatoms. The second kappa shape index (κ2) is 10.9. The molecule has 0 amide bonds. The Balaban J connectivity index is 1.06. The molecule has 11 aromatic rings. The molecule has 0 radical (unpaired) electrons. The molecule has 51 heavy (non-hydrogen) atoms. The molecule has 0 spiro atoms. The van der Waals surface area contributed by atoms with Gasteiger partial charge >= 0.3 is 0 Å². The van der Waals surface area contributed by atoms with Crippen molar-refractivity contribution >= 4 is 75.8 Å². The Morgan fingerprint density at radius 1 is 0.275 bits per heavy atom. The lowest BCUT2D eigenvalue weighted by Crippen LogP contribution is -1.90. The van der Waals surface area contributed by atoms with E-state index in [1.807, 2.05) is 0 Å². The summed E-state index contributed by atoms with van der Waals surface area (Å²) in [6, 6.07) is 66.2. The van der Waals surface area contributed by atoms with Crippen LogP contribution in [0.3, 0.4) is 0 Å². The van der Waals surface area contributed by atoms with Gasteiger partial charge in [0.2, 0.25) is 0 Å². The van der Waals surface area contributed by atoms with Gasteiger partial charge in [-0.15, -0.1) is 0 Å². The van der Waals surface area contributed by atoms with Gasteiger partial charge < -0.3 is 4.42 Å². The predicted octanol–water partition coefficient (Wildman–Crippen LogP) is 14.4. The second-order valence-electron chi connectivity index (χ2n) is 13.6. The molecule has 0 unspecified atom stereocenters. The first-order valence-corrected chi connectivity index (χ1v) is 17.6. The van der Waals surface area contributed by atoms with E-state index in [4.69, 9.17) is 4.42 Å². The van der Waals surface area contributed by atoms with E-state index >= 15 is 0 Å². The first kappa shape index (κ1) is 28.2. The lowest BCUT2D eigenvalue weighted by molar-refractivity contribution is 0.673. The van der Waals surface area contributed by atoms with Crippen LogP contribution >= 0.6 is 0 Å². The van der Waals surface area contributed by atoms with Crippen molar-refractivity contribution in [1.82, 2.24) is 0 Å². The summed E-state index contributed by atoms with van der Waals surface area (Å²) in [6.45, 7) is 0. The summed E-state index contributed by atoms with van der Waals surface area (Å²) >= 11 is 0. The van der Waals surface area contributed by atoms with E-state index in [0.717, 1.165) is 27.5 Å². The SMILES string of the molecule is c1ccc(-c2c3ccccc3c(-c3ccc4cc(-c5ccc6c(c5)oc5c7ccccc7c7ccccc7c65)ccc4c3)c3ccccc23)cc1. The minimum atomic E-state index is 0.914. The monoisotopic (exact) mass is 646 g/mol. The third kappa shape index (κ3) is 4.22. The van der Waals surface area contributed by atoms with Gasteiger partial charge in [-0.3, -0.25) is 0 Å². The zero-order valence-corrected chi connectivity index (χ0v) is 27.7. The summed E-state index contributed by atoms with van der Waals surface area (Å²) in [5, 5.41) is 14.7. The van der Waals surface area contributed by atoms with E-state index in [2.05, 4.69) is 182 Å². The zero-order valence-electron chi connectivity index (χ0n) is 27.7. The van der Waals surface area contributed by atoms with E-state index in [1.54, 1.807) is 0 Å². The summed E-state index contributed by atoms with van der Waals surface area (Å²) in [4.78, 5) is 0. The molecule has 0 aliphatic heterocycles. The maximum atomic E-state index is 6.70. The van der Waals surface area contributed by atoms with Crippen LogP contribution < -0.4 is 0 Å². The summed E-state index contributed by atoms with van der Waals surface area (Å²) in [5.74, 6) is 0. The van der Waals surface area contributed by atoms with Crippen LogP contribution in [0.1, 0.15) is 0 Å². The highest BCUT2D eigenvalue weighted by molar-refractivity contribution is 6.30. The van der Waals surface area contributed by atoms with Gasteiger partial charge in [-0.05, 0) is 106 Å². The van der Waals surface area contributed by atoms with Crippen molar-refractivity contribution in [2.45, 2.75) is 0 Å². The smallest absolute Gasteiger partial charge is 0.143 e. The number of hydrogen-bond donors (Lipinski definition) is 0. The van der Waals surface area contributed by atoms with Gasteiger partial charge in [0.25, 0.3) is 0 Å². The third-order valence-electron chi connectivity index (χ3n) is 10.8. The van der Waals surface area contributed by atoms with Gasteiger partial charge in [0.15, 0.2) is 0 Å². The van der Waals surface area contributed by atoms with Crippen molar-refractivity contribution in [2.75, 3.05) is 0 Å². The van der Waals surface area contributed by atoms with Gasteiger partial charge in [-0.25, -0.2) is 0 Å². The van der Waals surface area contributed by atoms with Crippen molar-refractivity contribution in [1.29, 1.82) is 0 Å². The highest BCUT2D eigenvalue weighted by atomic mass is 16.3. The second-order valence-corrected chi connectivity index (χ2v) is 13.6. The molecule has 0 saturated heterocycles. The average Bonchev–Trinajstić information content (AvgIpc) is 3.59. The largest absolute Gasteiger partial charge is 0.455 e. The van der Waals surface area contributed by atoms with Gasteiger partial charge in [0.05, 0.1) is 0 Å². The van der Waals surface area contributed by atoms with Gasteiger partial charge in [-0.2, -0.15) is 0 Å². The van der Waals surface area contributed by atoms with Crippen LogP contribution in [0.4, 0.5) is 0 Å². The van der Waals surface area contributed by atoms with Crippen LogP contribution in [0, 0.1) is 0 Å². The standard InChI is InChI=1S/C50H30O/c1-2-12-31(13-3-1)47-40-17-7-9-19-42(40)48(43-20-10-8-18-41(43)47)36-25-24-32-28-33(22-23-34(32)29-36)35-26-27-45-46(30-35)51-50-44-21-11-5-15-38(44)37-14-4-6-16-39(37)49(45)50/h1-30H. The van der Waals surface area contributed by atoms with Crippen LogP contribution in [-0.2, 0) is 0 Å². The minimum Gasteiger partial charge on any atom is -0.455 e. The zero-order chi connectivity index (χ0) is 33.5. The number of furan rings is 1. The van der Waals surface area contributed by atoms with Crippen molar-refractivity contribution in [3.63, 3.8) is 0 Å². The Labute approximate surface area is 294 Å². The number of hydrogen-bond acceptors (Lipinski definition) is 1. The first-order chi connectivity index (χ1) is 25.3. The lowest BCUT2D eigenvalue weighted by Gasteiger charge is -2.18. The Morgan fingerprint density at radius 2 is 0.725 bits per heavy atom. The molecule has 11 rings (SSSR count). The number of rotatable bonds is 3. The maximum absolute atomic E-state index is 6.70. The van der Waals surface area contributed by atoms with Gasteiger partial charge in [-0.1, -0.05) is 158 Å². The van der Waals surface area contributed by atoms with E-state index in [1.165, 1.54) is 81.7 Å². The third-order valence-corrected chi connectivity index (χ3v) is 10.8. The van der Waals surface area contributed by atoms with Crippen molar-refractivity contribution in [3.8, 4) is 33.4 Å². The fraction of sp³-hybridized carbons (Fsp3) is 0. The van der Waals surface area contributed by atoms with Gasteiger partial charge in [0.1, 0.15) is 11.2 Å². The highest BCUT2D eigenvalue weighted by Gasteiger charge is 2.18. The molecule has 0 aliphatic carbocycles. The normalized spacial score (nSPS) is 11.9. The Hall–Kier alpha value is -6.70. The maximum Gasteiger partial charge on any atom is 0.143 e. The topological polar surface area (TPSA) is 13.1 Å². The van der Waals surface area contributed by atoms with Crippen LogP contribution in [-0.4, -0.2) is 0 Å². The van der Waals surface area contributed by atoms with Crippen LogP contribution in [0.25, 0.3) is 109 Å². The Bertz CT molecular complexity index is 3130. The fourth-order valence-corrected chi connectivity index (χ4v) is 8.52. The average molecular weight is 647 g/mol. The molecule has 1 aromatic heterocycles. The number of fused-ring (bicyclic) bond motifs is 11. The molecule has 0 aliphatic rings. The molecular formula is C50H30O. The quantitative estimate of drug-likeness (QED) is 0.138. The van der Waals surface area contributed by atoms with Crippen molar-refractivity contribution in [2.24, 2.45) is 0 Å². The molecule has 0 bridgehead atoms. The summed E-state index contributed by atoms with van der Waals surface area (Å²) in [7, 11) is 0. The van der Waals surface area contributed by atoms with E-state index in [0.29, 0.717) is 0 Å². The molecule has 10 aromatic carbocycles. The molecule has 0 atom stereocenters. The van der Waals surface area contributed by atoms with Gasteiger partial charge in [0, 0.05) is 16.2 Å². The molecule has 0 saturated carbocycles. The van der Waals surface area contributed by atoms with E-state index < -0.39 is 0 Å². The van der Waals surface area contributed by atoms with E-state index in [-0.39, 0.29) is 0 Å². The van der Waals surface area contributed by atoms with Crippen molar-refractivity contribution < 1.29 is 4.42 Å². The van der Waals surface area contributed by atoms with Crippen LogP contribution in [0.15, 0.2) is 186 Å². The summed E-state index contributed by atoms with van der Waals surface area (Å²) in [6.07, 6.45) is 0. The fourth-order valence-electron chi connectivity index (χ4n) is 8.52. The lowest BCUT2D eigenvalue weighted by atomic mass is 9.85. The minimum absolute atomic E-state index is 0.914. The predicted molar refractivity (Wildman–Crippen MR) is 218 cm³/mol. The molecule has 1 heterocycles. The Kier molecular flexibility index (Phi) is 6.02. The van der Waals surface area contributed by atoms with Crippen molar-refractivity contribution in [3.05, 3.63) is 182 Å².